The molecule has 174 valence electrons. The first-order chi connectivity index (χ1) is 15.2. The molecule has 0 aliphatic rings. The highest BCUT2D eigenvalue weighted by Crippen LogP contribution is 2.06. The quantitative estimate of drug-likeness (QED) is 0.155. The summed E-state index contributed by atoms with van der Waals surface area (Å²) in [6.45, 7) is -0.0497. The molecule has 33 heavy (non-hydrogen) atoms. The molecule has 0 unspecified atom stereocenters. The Morgan fingerprint density at radius 2 is 1.12 bits per heavy atom. The second-order valence-electron chi connectivity index (χ2n) is 6.88. The molecule has 2 amide bonds. The average molecular weight is 471 g/mol. The van der Waals surface area contributed by atoms with Crippen LogP contribution in [0.3, 0.4) is 0 Å². The number of halogens is 1. The van der Waals surface area contributed by atoms with Crippen LogP contribution in [0.5, 0.6) is 0 Å². The monoisotopic (exact) mass is 470 g/mol. The van der Waals surface area contributed by atoms with Crippen molar-refractivity contribution in [3.05, 3.63) is 82.9 Å². The maximum absolute atomic E-state index is 11.9. The van der Waals surface area contributed by atoms with Gasteiger partial charge in [0.15, 0.2) is 0 Å². The average Bonchev–Trinajstić information content (AvgIpc) is 2.79. The molecule has 9 nitrogen and oxygen atoms in total. The van der Waals surface area contributed by atoms with Crippen molar-refractivity contribution in [2.24, 2.45) is 11.5 Å². The van der Waals surface area contributed by atoms with E-state index in [2.05, 4.69) is 10.6 Å². The lowest BCUT2D eigenvalue weighted by atomic mass is 10.1. The van der Waals surface area contributed by atoms with Crippen LogP contribution < -0.4 is 22.1 Å². The molecule has 0 saturated heterocycles. The van der Waals surface area contributed by atoms with Crippen LogP contribution in [0, 0.1) is 10.8 Å². The highest BCUT2D eigenvalue weighted by Gasteiger charge is 2.07. The third-order valence-electron chi connectivity index (χ3n) is 4.32. The number of nitrogen functional groups attached to an aromatic ring is 2. The zero-order chi connectivity index (χ0) is 23.5. The zero-order valence-corrected chi connectivity index (χ0v) is 18.6. The van der Waals surface area contributed by atoms with Crippen molar-refractivity contribution in [3.8, 4) is 0 Å². The number of aliphatic hydroxyl groups excluding tert-OH is 1. The number of nitrogens with one attached hydrogen (secondary N) is 4. The van der Waals surface area contributed by atoms with Crippen LogP contribution in [-0.2, 0) is 9.59 Å². The van der Waals surface area contributed by atoms with E-state index in [-0.39, 0.29) is 49.0 Å². The molecule has 0 aliphatic heterocycles. The van der Waals surface area contributed by atoms with Gasteiger partial charge in [-0.3, -0.25) is 20.4 Å². The zero-order valence-electron chi connectivity index (χ0n) is 17.7. The van der Waals surface area contributed by atoms with E-state index in [9.17, 15) is 14.7 Å². The highest BCUT2D eigenvalue weighted by molar-refractivity contribution is 5.96. The predicted octanol–water partition coefficient (Wildman–Crippen LogP) is 0.996. The summed E-state index contributed by atoms with van der Waals surface area (Å²) >= 11 is 0. The van der Waals surface area contributed by atoms with Gasteiger partial charge in [-0.2, -0.15) is 0 Å². The fourth-order valence-corrected chi connectivity index (χ4v) is 2.52. The maximum atomic E-state index is 11.9. The van der Waals surface area contributed by atoms with Crippen LogP contribution >= 0.6 is 12.4 Å². The van der Waals surface area contributed by atoms with Crippen LogP contribution in [0.25, 0.3) is 12.2 Å². The van der Waals surface area contributed by atoms with Crippen molar-refractivity contribution in [3.63, 3.8) is 0 Å². The normalized spacial score (nSPS) is 11.5. The molecule has 0 fully saturated rings. The lowest BCUT2D eigenvalue weighted by Crippen LogP contribution is -2.39. The molecule has 0 spiro atoms. The van der Waals surface area contributed by atoms with E-state index in [1.54, 1.807) is 60.7 Å². The Labute approximate surface area is 198 Å². The van der Waals surface area contributed by atoms with Crippen molar-refractivity contribution in [2.75, 3.05) is 13.1 Å². The minimum Gasteiger partial charge on any atom is -0.389 e. The number of benzene rings is 2. The minimum absolute atomic E-state index is 0. The van der Waals surface area contributed by atoms with Gasteiger partial charge in [-0.25, -0.2) is 0 Å². The molecule has 0 aliphatic carbocycles. The minimum atomic E-state index is -0.950. The lowest BCUT2D eigenvalue weighted by Gasteiger charge is -2.11. The fourth-order valence-electron chi connectivity index (χ4n) is 2.52. The molecule has 0 aromatic heterocycles. The summed E-state index contributed by atoms with van der Waals surface area (Å²) in [5, 5.41) is 29.7. The second kappa shape index (κ2) is 13.5. The number of carbonyl (C=O) groups is 2. The Hall–Kier alpha value is -3.95. The number of carbonyl (C=O) groups excluding carboxylic acids is 2. The van der Waals surface area contributed by atoms with Crippen molar-refractivity contribution in [1.82, 2.24) is 10.6 Å². The molecule has 0 saturated carbocycles. The molecule has 2 aromatic rings. The van der Waals surface area contributed by atoms with Gasteiger partial charge in [0.2, 0.25) is 11.8 Å². The van der Waals surface area contributed by atoms with E-state index >= 15 is 0 Å². The second-order valence-corrected chi connectivity index (χ2v) is 6.88. The van der Waals surface area contributed by atoms with Crippen LogP contribution in [0.1, 0.15) is 22.3 Å². The van der Waals surface area contributed by atoms with Crippen LogP contribution in [-0.4, -0.2) is 47.8 Å². The Morgan fingerprint density at radius 3 is 1.42 bits per heavy atom. The van der Waals surface area contributed by atoms with Crippen molar-refractivity contribution < 1.29 is 14.7 Å². The van der Waals surface area contributed by atoms with Crippen molar-refractivity contribution in [2.45, 2.75) is 6.10 Å². The third kappa shape index (κ3) is 9.81. The molecular weight excluding hydrogens is 444 g/mol. The molecule has 10 heteroatoms. The summed E-state index contributed by atoms with van der Waals surface area (Å²) in [6, 6.07) is 13.7. The van der Waals surface area contributed by atoms with Crippen molar-refractivity contribution in [1.29, 1.82) is 10.8 Å². The number of nitrogens with two attached hydrogens (primary N) is 2. The largest absolute Gasteiger partial charge is 0.389 e. The summed E-state index contributed by atoms with van der Waals surface area (Å²) in [6.07, 6.45) is 4.90. The van der Waals surface area contributed by atoms with Gasteiger partial charge in [-0.15, -0.1) is 12.4 Å². The Bertz CT molecular complexity index is 950. The van der Waals surface area contributed by atoms with Gasteiger partial charge in [0, 0.05) is 36.4 Å². The Kier molecular flexibility index (Phi) is 11.0. The molecule has 0 atom stereocenters. The van der Waals surface area contributed by atoms with E-state index in [4.69, 9.17) is 22.3 Å². The summed E-state index contributed by atoms with van der Waals surface area (Å²) < 4.78 is 0. The number of amides is 2. The van der Waals surface area contributed by atoms with E-state index in [0.717, 1.165) is 11.1 Å². The third-order valence-corrected chi connectivity index (χ3v) is 4.32. The standard InChI is InChI=1S/C23H26N6O3.ClH/c24-22(25)17-7-1-15(2-8-17)5-11-20(31)28-13-19(30)14-29-21(32)12-6-16-3-9-18(10-4-16)23(26)27;/h1-12,19,30H,13-14H2,(H3,24,25)(H3,26,27)(H,28,31)(H,29,32);1H/b11-5+,12-6+;. The van der Waals surface area contributed by atoms with Gasteiger partial charge in [-0.1, -0.05) is 48.5 Å². The first-order valence-electron chi connectivity index (χ1n) is 9.73. The van der Waals surface area contributed by atoms with Gasteiger partial charge >= 0.3 is 0 Å². The van der Waals surface area contributed by atoms with Crippen molar-refractivity contribution >= 4 is 48.0 Å². The number of hydrogen-bond acceptors (Lipinski definition) is 5. The van der Waals surface area contributed by atoms with Gasteiger partial charge in [0.05, 0.1) is 6.10 Å². The lowest BCUT2D eigenvalue weighted by molar-refractivity contribution is -0.116. The molecule has 0 bridgehead atoms. The summed E-state index contributed by atoms with van der Waals surface area (Å²) in [7, 11) is 0. The topological polar surface area (TPSA) is 178 Å². The van der Waals surface area contributed by atoms with Crippen LogP contribution in [0.2, 0.25) is 0 Å². The molecular formula is C23H27ClN6O3. The molecule has 0 heterocycles. The van der Waals surface area contributed by atoms with Gasteiger partial charge in [0.25, 0.3) is 0 Å². The van der Waals surface area contributed by atoms with E-state index < -0.39 is 6.10 Å². The Morgan fingerprint density at radius 1 is 0.788 bits per heavy atom. The summed E-state index contributed by atoms with van der Waals surface area (Å²) in [4.78, 5) is 23.8. The van der Waals surface area contributed by atoms with Gasteiger partial charge < -0.3 is 27.2 Å². The molecule has 2 aromatic carbocycles. The van der Waals surface area contributed by atoms with E-state index in [1.807, 2.05) is 0 Å². The number of rotatable bonds is 10. The number of amidine groups is 2. The Balaban J connectivity index is 0.00000544. The van der Waals surface area contributed by atoms with Crippen LogP contribution in [0.15, 0.2) is 60.7 Å². The molecule has 9 N–H and O–H groups in total. The van der Waals surface area contributed by atoms with E-state index in [1.165, 1.54) is 12.2 Å². The predicted molar refractivity (Wildman–Crippen MR) is 132 cm³/mol. The maximum Gasteiger partial charge on any atom is 0.244 e. The summed E-state index contributed by atoms with van der Waals surface area (Å²) in [5.74, 6) is -0.837. The smallest absolute Gasteiger partial charge is 0.244 e. The van der Waals surface area contributed by atoms with Crippen LogP contribution in [0.4, 0.5) is 0 Å². The molecule has 2 rings (SSSR count). The first kappa shape index (κ1) is 27.1. The first-order valence-corrected chi connectivity index (χ1v) is 9.73. The van der Waals surface area contributed by atoms with E-state index in [0.29, 0.717) is 11.1 Å². The van der Waals surface area contributed by atoms with Gasteiger partial charge in [0.1, 0.15) is 11.7 Å². The molecule has 0 radical (unpaired) electrons. The SMILES string of the molecule is Cl.N=C(N)c1ccc(/C=C/C(=O)NCC(O)CNC(=O)/C=C/c2ccc(C(=N)N)cc2)cc1. The fraction of sp³-hybridized carbons (Fsp3) is 0.130. The van der Waals surface area contributed by atoms with Gasteiger partial charge in [-0.05, 0) is 23.3 Å². The number of hydrogen-bond donors (Lipinski definition) is 7. The summed E-state index contributed by atoms with van der Waals surface area (Å²) in [5.41, 5.74) is 13.5. The highest BCUT2D eigenvalue weighted by atomic mass is 35.5. The number of aliphatic hydroxyl groups is 1.